The number of hydrogen-bond acceptors (Lipinski definition) is 5. The van der Waals surface area contributed by atoms with Crippen LogP contribution in [0.15, 0.2) is 54.2 Å². The van der Waals surface area contributed by atoms with Crippen LogP contribution < -0.4 is 20.1 Å². The van der Waals surface area contributed by atoms with Gasteiger partial charge in [-0.3, -0.25) is 4.79 Å². The van der Waals surface area contributed by atoms with Crippen molar-refractivity contribution >= 4 is 11.6 Å². The molecule has 1 aliphatic rings. The van der Waals surface area contributed by atoms with E-state index in [1.54, 1.807) is 24.3 Å². The van der Waals surface area contributed by atoms with E-state index in [-0.39, 0.29) is 18.9 Å². The number of nitrogens with one attached hydrogen (secondary N) is 2. The van der Waals surface area contributed by atoms with Gasteiger partial charge in [-0.15, -0.1) is 0 Å². The Balaban J connectivity index is 1.60. The summed E-state index contributed by atoms with van der Waals surface area (Å²) in [7, 11) is 0. The van der Waals surface area contributed by atoms with E-state index in [1.165, 1.54) is 24.4 Å². The summed E-state index contributed by atoms with van der Waals surface area (Å²) >= 11 is 0. The van der Waals surface area contributed by atoms with Crippen LogP contribution in [-0.4, -0.2) is 12.7 Å². The summed E-state index contributed by atoms with van der Waals surface area (Å²) in [6.45, 7) is 0.409. The molecule has 2 N–H and O–H groups in total. The Labute approximate surface area is 143 Å². The number of anilines is 1. The van der Waals surface area contributed by atoms with Gasteiger partial charge in [-0.2, -0.15) is 5.26 Å². The molecule has 2 aromatic rings. The molecule has 1 aliphatic heterocycles. The van der Waals surface area contributed by atoms with E-state index in [0.717, 1.165) is 5.56 Å². The number of rotatable bonds is 5. The highest BCUT2D eigenvalue weighted by Gasteiger charge is 2.14. The third kappa shape index (κ3) is 4.06. The standard InChI is InChI=1S/C18H14FN3O3/c19-14-2-1-3-15(7-14)21-10-13(8-20)18(23)22-9-12-4-5-16-17(6-12)25-11-24-16/h1-7,10,21H,9,11H2,(H,22,23)/b13-10-. The molecule has 0 bridgehead atoms. The Hall–Kier alpha value is -3.53. The lowest BCUT2D eigenvalue weighted by molar-refractivity contribution is -0.117. The first-order valence-electron chi connectivity index (χ1n) is 7.45. The molecule has 7 heteroatoms. The van der Waals surface area contributed by atoms with Gasteiger partial charge < -0.3 is 20.1 Å². The van der Waals surface area contributed by atoms with Crippen LogP contribution in [0.1, 0.15) is 5.56 Å². The van der Waals surface area contributed by atoms with Crippen molar-refractivity contribution in [3.05, 3.63) is 65.6 Å². The molecule has 1 amide bonds. The molecule has 0 unspecified atom stereocenters. The number of amides is 1. The number of fused-ring (bicyclic) bond motifs is 1. The van der Waals surface area contributed by atoms with E-state index in [2.05, 4.69) is 10.6 Å². The van der Waals surface area contributed by atoms with Crippen LogP contribution in [0.25, 0.3) is 0 Å². The van der Waals surface area contributed by atoms with Crippen LogP contribution in [0.2, 0.25) is 0 Å². The molecule has 0 aromatic heterocycles. The maximum atomic E-state index is 13.1. The van der Waals surface area contributed by atoms with Crippen LogP contribution in [0, 0.1) is 17.1 Å². The van der Waals surface area contributed by atoms with Gasteiger partial charge in [-0.05, 0) is 35.9 Å². The van der Waals surface area contributed by atoms with Crippen LogP contribution >= 0.6 is 0 Å². The summed E-state index contributed by atoms with van der Waals surface area (Å²) in [5.74, 6) is 0.329. The molecule has 0 spiro atoms. The largest absolute Gasteiger partial charge is 0.454 e. The number of hydrogen-bond donors (Lipinski definition) is 2. The monoisotopic (exact) mass is 339 g/mol. The molecule has 0 atom stereocenters. The summed E-state index contributed by atoms with van der Waals surface area (Å²) in [6, 6.07) is 12.9. The molecule has 6 nitrogen and oxygen atoms in total. The number of benzene rings is 2. The van der Waals surface area contributed by atoms with E-state index in [0.29, 0.717) is 17.2 Å². The van der Waals surface area contributed by atoms with Crippen LogP contribution in [0.3, 0.4) is 0 Å². The predicted octanol–water partition coefficient (Wildman–Crippen LogP) is 2.69. The molecule has 3 rings (SSSR count). The highest BCUT2D eigenvalue weighted by Crippen LogP contribution is 2.32. The van der Waals surface area contributed by atoms with Crippen molar-refractivity contribution in [3.8, 4) is 17.6 Å². The molecule has 0 radical (unpaired) electrons. The van der Waals surface area contributed by atoms with E-state index in [1.807, 2.05) is 6.07 Å². The zero-order chi connectivity index (χ0) is 17.6. The second kappa shape index (κ2) is 7.36. The van der Waals surface area contributed by atoms with Crippen molar-refractivity contribution in [1.29, 1.82) is 5.26 Å². The fraction of sp³-hybridized carbons (Fsp3) is 0.111. The van der Waals surface area contributed by atoms with Gasteiger partial charge >= 0.3 is 0 Å². The highest BCUT2D eigenvalue weighted by atomic mass is 19.1. The summed E-state index contributed by atoms with van der Waals surface area (Å²) < 4.78 is 23.6. The second-order valence-electron chi connectivity index (χ2n) is 5.19. The van der Waals surface area contributed by atoms with Gasteiger partial charge in [0.15, 0.2) is 11.5 Å². The first kappa shape index (κ1) is 16.3. The van der Waals surface area contributed by atoms with Gasteiger partial charge in [0.2, 0.25) is 6.79 Å². The number of nitriles is 1. The zero-order valence-electron chi connectivity index (χ0n) is 13.1. The SMILES string of the molecule is N#C/C(=C/Nc1cccc(F)c1)C(=O)NCc1ccc2c(c1)OCO2. The lowest BCUT2D eigenvalue weighted by atomic mass is 10.2. The van der Waals surface area contributed by atoms with Crippen molar-refractivity contribution in [2.45, 2.75) is 6.54 Å². The van der Waals surface area contributed by atoms with Gasteiger partial charge in [0.1, 0.15) is 17.5 Å². The molecule has 1 heterocycles. The third-order valence-corrected chi connectivity index (χ3v) is 3.46. The van der Waals surface area contributed by atoms with Crippen LogP contribution in [-0.2, 0) is 11.3 Å². The van der Waals surface area contributed by atoms with Crippen molar-refractivity contribution in [2.75, 3.05) is 12.1 Å². The topological polar surface area (TPSA) is 83.4 Å². The molecule has 0 saturated carbocycles. The molecule has 126 valence electrons. The maximum Gasteiger partial charge on any atom is 0.263 e. The van der Waals surface area contributed by atoms with Crippen molar-refractivity contribution in [2.24, 2.45) is 0 Å². The number of carbonyl (C=O) groups is 1. The van der Waals surface area contributed by atoms with Crippen LogP contribution in [0.4, 0.5) is 10.1 Å². The van der Waals surface area contributed by atoms with Crippen molar-refractivity contribution in [3.63, 3.8) is 0 Å². The number of ether oxygens (including phenoxy) is 2. The smallest absolute Gasteiger partial charge is 0.263 e. The predicted molar refractivity (Wildman–Crippen MR) is 88.1 cm³/mol. The normalized spacial score (nSPS) is 12.4. The van der Waals surface area contributed by atoms with E-state index < -0.39 is 11.7 Å². The second-order valence-corrected chi connectivity index (χ2v) is 5.19. The first-order valence-corrected chi connectivity index (χ1v) is 7.45. The average molecular weight is 339 g/mol. The summed E-state index contributed by atoms with van der Waals surface area (Å²) in [6.07, 6.45) is 1.24. The summed E-state index contributed by atoms with van der Waals surface area (Å²) in [5, 5.41) is 14.5. The number of carbonyl (C=O) groups excluding carboxylic acids is 1. The molecule has 2 aromatic carbocycles. The number of halogens is 1. The minimum atomic E-state index is -0.538. The molecule has 0 aliphatic carbocycles. The Morgan fingerprint density at radius 3 is 2.88 bits per heavy atom. The lowest BCUT2D eigenvalue weighted by Gasteiger charge is -2.06. The van der Waals surface area contributed by atoms with Gasteiger partial charge in [0.25, 0.3) is 5.91 Å². The van der Waals surface area contributed by atoms with Gasteiger partial charge in [0, 0.05) is 18.4 Å². The molecule has 0 fully saturated rings. The summed E-state index contributed by atoms with van der Waals surface area (Å²) in [5.41, 5.74) is 1.13. The van der Waals surface area contributed by atoms with E-state index >= 15 is 0 Å². The minimum Gasteiger partial charge on any atom is -0.454 e. The summed E-state index contributed by atoms with van der Waals surface area (Å²) in [4.78, 5) is 12.1. The Morgan fingerprint density at radius 2 is 2.08 bits per heavy atom. The van der Waals surface area contributed by atoms with Gasteiger partial charge in [0.05, 0.1) is 0 Å². The average Bonchev–Trinajstić information content (AvgIpc) is 3.08. The van der Waals surface area contributed by atoms with Crippen LogP contribution in [0.5, 0.6) is 11.5 Å². The fourth-order valence-corrected chi connectivity index (χ4v) is 2.21. The molecule has 25 heavy (non-hydrogen) atoms. The third-order valence-electron chi connectivity index (χ3n) is 3.46. The molecular weight excluding hydrogens is 325 g/mol. The zero-order valence-corrected chi connectivity index (χ0v) is 13.1. The maximum absolute atomic E-state index is 13.1. The van der Waals surface area contributed by atoms with Crippen molar-refractivity contribution in [1.82, 2.24) is 5.32 Å². The Bertz CT molecular complexity index is 874. The Kier molecular flexibility index (Phi) is 4.81. The van der Waals surface area contributed by atoms with E-state index in [4.69, 9.17) is 14.7 Å². The van der Waals surface area contributed by atoms with Gasteiger partial charge in [-0.1, -0.05) is 12.1 Å². The van der Waals surface area contributed by atoms with E-state index in [9.17, 15) is 9.18 Å². The lowest BCUT2D eigenvalue weighted by Crippen LogP contribution is -2.24. The molecular formula is C18H14FN3O3. The van der Waals surface area contributed by atoms with Crippen molar-refractivity contribution < 1.29 is 18.7 Å². The highest BCUT2D eigenvalue weighted by molar-refractivity contribution is 5.97. The fourth-order valence-electron chi connectivity index (χ4n) is 2.21. The minimum absolute atomic E-state index is 0.120. The first-order chi connectivity index (χ1) is 12.2. The quantitative estimate of drug-likeness (QED) is 0.646. The van der Waals surface area contributed by atoms with Gasteiger partial charge in [-0.25, -0.2) is 4.39 Å². The Morgan fingerprint density at radius 1 is 1.24 bits per heavy atom. The number of nitrogens with zero attached hydrogens (tertiary/aromatic N) is 1. The molecule has 0 saturated heterocycles.